The number of carbonyl (C=O) groups excluding carboxylic acids is 1. The number of hydrogen-bond acceptors (Lipinski definition) is 2. The van der Waals surface area contributed by atoms with E-state index >= 15 is 0 Å². The standard InChI is InChI=1S/C23H24ClN2O/c24-21-10-18(23-11-15-7-16(12-23)9-17(8-15)13-23)1-6-22(21)26-20-4-2-19(3-5-20)25-14-27/h1-6,10,15-17,26H,7-9,11-13H2,(H,25,27). The Balaban J connectivity index is 1.37. The number of anilines is 3. The molecule has 4 aliphatic carbocycles. The van der Waals surface area contributed by atoms with Crippen molar-refractivity contribution in [2.75, 3.05) is 10.6 Å². The lowest BCUT2D eigenvalue weighted by Gasteiger charge is -2.57. The second kappa shape index (κ2) is 6.56. The fourth-order valence-electron chi connectivity index (χ4n) is 6.26. The van der Waals surface area contributed by atoms with Crippen LogP contribution in [0.4, 0.5) is 17.1 Å². The highest BCUT2D eigenvalue weighted by atomic mass is 35.5. The smallest absolute Gasteiger partial charge is 0.314 e. The van der Waals surface area contributed by atoms with Crippen molar-refractivity contribution in [1.82, 2.24) is 0 Å². The summed E-state index contributed by atoms with van der Waals surface area (Å²) in [7, 11) is 0. The van der Waals surface area contributed by atoms with Gasteiger partial charge < -0.3 is 10.6 Å². The highest BCUT2D eigenvalue weighted by Crippen LogP contribution is 2.61. The Morgan fingerprint density at radius 3 is 2.04 bits per heavy atom. The van der Waals surface area contributed by atoms with Gasteiger partial charge in [-0.25, -0.2) is 0 Å². The molecule has 0 saturated heterocycles. The lowest BCUT2D eigenvalue weighted by molar-refractivity contribution is -0.00517. The Bertz CT molecular complexity index is 826. The zero-order valence-electron chi connectivity index (χ0n) is 15.3. The Labute approximate surface area is 165 Å². The Hall–Kier alpha value is -2.00. The van der Waals surface area contributed by atoms with Crippen LogP contribution in [0.25, 0.3) is 0 Å². The lowest BCUT2D eigenvalue weighted by Crippen LogP contribution is -2.48. The molecule has 3 nitrogen and oxygen atoms in total. The molecule has 0 unspecified atom stereocenters. The normalized spacial score (nSPS) is 30.9. The van der Waals surface area contributed by atoms with Crippen LogP contribution in [0.3, 0.4) is 0 Å². The Morgan fingerprint density at radius 1 is 0.889 bits per heavy atom. The van der Waals surface area contributed by atoms with Crippen molar-refractivity contribution in [3.63, 3.8) is 0 Å². The quantitative estimate of drug-likeness (QED) is 0.622. The van der Waals surface area contributed by atoms with Crippen LogP contribution >= 0.6 is 11.6 Å². The van der Waals surface area contributed by atoms with Crippen molar-refractivity contribution in [2.24, 2.45) is 17.8 Å². The lowest BCUT2D eigenvalue weighted by atomic mass is 9.48. The van der Waals surface area contributed by atoms with E-state index in [1.807, 2.05) is 24.3 Å². The largest absolute Gasteiger partial charge is 0.354 e. The molecule has 0 spiro atoms. The minimum atomic E-state index is 0.371. The molecule has 0 aliphatic heterocycles. The molecule has 4 fully saturated rings. The van der Waals surface area contributed by atoms with E-state index in [2.05, 4.69) is 28.8 Å². The molecule has 4 heteroatoms. The fourth-order valence-corrected chi connectivity index (χ4v) is 6.49. The minimum absolute atomic E-state index is 0.371. The van der Waals surface area contributed by atoms with Crippen LogP contribution in [0.15, 0.2) is 42.5 Å². The number of hydrogen-bond donors (Lipinski definition) is 2. The van der Waals surface area contributed by atoms with Crippen LogP contribution in [-0.2, 0) is 10.2 Å². The molecule has 1 amide bonds. The monoisotopic (exact) mass is 379 g/mol. The van der Waals surface area contributed by atoms with Crippen molar-refractivity contribution in [3.05, 3.63) is 53.1 Å². The van der Waals surface area contributed by atoms with E-state index in [9.17, 15) is 4.79 Å². The van der Waals surface area contributed by atoms with Crippen molar-refractivity contribution in [3.8, 4) is 0 Å². The molecular weight excluding hydrogens is 356 g/mol. The number of nitrogens with one attached hydrogen (secondary N) is 2. The second-order valence-corrected chi connectivity index (χ2v) is 9.23. The van der Waals surface area contributed by atoms with E-state index in [0.29, 0.717) is 5.41 Å². The summed E-state index contributed by atoms with van der Waals surface area (Å²) in [5, 5.41) is 6.69. The predicted octanol–water partition coefficient (Wildman–Crippen LogP) is 6.03. The first-order chi connectivity index (χ1) is 13.1. The minimum Gasteiger partial charge on any atom is -0.354 e. The first-order valence-electron chi connectivity index (χ1n) is 9.94. The second-order valence-electron chi connectivity index (χ2n) is 8.82. The average molecular weight is 380 g/mol. The third-order valence-electron chi connectivity index (χ3n) is 6.98. The maximum atomic E-state index is 10.4. The van der Waals surface area contributed by atoms with E-state index in [1.54, 1.807) is 6.41 Å². The van der Waals surface area contributed by atoms with Crippen molar-refractivity contribution < 1.29 is 4.79 Å². The van der Waals surface area contributed by atoms with Gasteiger partial charge in [-0.3, -0.25) is 4.79 Å². The third-order valence-corrected chi connectivity index (χ3v) is 7.29. The molecule has 27 heavy (non-hydrogen) atoms. The molecule has 2 aromatic carbocycles. The first kappa shape index (κ1) is 17.1. The first-order valence-corrected chi connectivity index (χ1v) is 10.3. The van der Waals surface area contributed by atoms with E-state index in [1.165, 1.54) is 44.1 Å². The summed E-state index contributed by atoms with van der Waals surface area (Å²) >= 11 is 6.67. The van der Waals surface area contributed by atoms with E-state index in [-0.39, 0.29) is 0 Å². The molecule has 2 aromatic rings. The third kappa shape index (κ3) is 3.12. The van der Waals surface area contributed by atoms with Crippen LogP contribution in [0.1, 0.15) is 44.1 Å². The van der Waals surface area contributed by atoms with Crippen LogP contribution in [0.5, 0.6) is 0 Å². The molecule has 139 valence electrons. The molecule has 0 aromatic heterocycles. The number of amides is 1. The van der Waals surface area contributed by atoms with E-state index in [4.69, 9.17) is 11.6 Å². The fraction of sp³-hybridized carbons (Fsp3) is 0.435. The predicted molar refractivity (Wildman–Crippen MR) is 110 cm³/mol. The molecular formula is C23H24ClN2O. The molecule has 4 bridgehead atoms. The van der Waals surface area contributed by atoms with Gasteiger partial charge in [0.15, 0.2) is 0 Å². The summed E-state index contributed by atoms with van der Waals surface area (Å²) in [6.45, 7) is 0. The highest BCUT2D eigenvalue weighted by molar-refractivity contribution is 6.33. The zero-order chi connectivity index (χ0) is 18.4. The average Bonchev–Trinajstić information content (AvgIpc) is 2.64. The Kier molecular flexibility index (Phi) is 4.16. The molecule has 4 saturated carbocycles. The molecule has 1 radical (unpaired) electrons. The number of halogens is 1. The summed E-state index contributed by atoms with van der Waals surface area (Å²) in [5.41, 5.74) is 4.40. The van der Waals surface area contributed by atoms with Gasteiger partial charge in [-0.1, -0.05) is 17.7 Å². The zero-order valence-corrected chi connectivity index (χ0v) is 16.1. The molecule has 2 N–H and O–H groups in total. The van der Waals surface area contributed by atoms with Gasteiger partial charge in [-0.15, -0.1) is 0 Å². The van der Waals surface area contributed by atoms with Crippen molar-refractivity contribution in [1.29, 1.82) is 0 Å². The summed E-state index contributed by atoms with van der Waals surface area (Å²) in [5.74, 6) is 2.80. The van der Waals surface area contributed by atoms with Crippen molar-refractivity contribution >= 4 is 35.1 Å². The molecule has 0 atom stereocenters. The van der Waals surface area contributed by atoms with Gasteiger partial charge >= 0.3 is 6.41 Å². The molecule has 4 aliphatic rings. The van der Waals surface area contributed by atoms with E-state index < -0.39 is 0 Å². The van der Waals surface area contributed by atoms with Gasteiger partial charge in [0, 0.05) is 11.4 Å². The van der Waals surface area contributed by atoms with Gasteiger partial charge in [0.25, 0.3) is 0 Å². The Morgan fingerprint density at radius 2 is 1.48 bits per heavy atom. The highest BCUT2D eigenvalue weighted by Gasteiger charge is 2.51. The van der Waals surface area contributed by atoms with Crippen molar-refractivity contribution in [2.45, 2.75) is 43.9 Å². The van der Waals surface area contributed by atoms with Gasteiger partial charge in [-0.05, 0) is 104 Å². The SMILES string of the molecule is O=[C]Nc1ccc(Nc2ccc(C34CC5CC(CC(C5)C3)C4)cc2Cl)cc1. The topological polar surface area (TPSA) is 41.1 Å². The number of rotatable bonds is 5. The van der Waals surface area contributed by atoms with E-state index in [0.717, 1.165) is 39.8 Å². The van der Waals surface area contributed by atoms with Crippen LogP contribution in [0, 0.1) is 17.8 Å². The maximum Gasteiger partial charge on any atom is 0.314 e. The summed E-state index contributed by atoms with van der Waals surface area (Å²) in [4.78, 5) is 10.4. The van der Waals surface area contributed by atoms with Gasteiger partial charge in [0.05, 0.1) is 10.7 Å². The molecule has 6 rings (SSSR count). The summed E-state index contributed by atoms with van der Waals surface area (Å²) in [6, 6.07) is 14.1. The van der Waals surface area contributed by atoms with Crippen LogP contribution in [-0.4, -0.2) is 6.41 Å². The van der Waals surface area contributed by atoms with Gasteiger partial charge in [0.1, 0.15) is 0 Å². The van der Waals surface area contributed by atoms with Gasteiger partial charge in [-0.2, -0.15) is 0 Å². The maximum absolute atomic E-state index is 10.4. The van der Waals surface area contributed by atoms with Crippen LogP contribution < -0.4 is 10.6 Å². The van der Waals surface area contributed by atoms with Crippen LogP contribution in [0.2, 0.25) is 5.02 Å². The number of benzene rings is 2. The molecule has 0 heterocycles. The summed E-state index contributed by atoms with van der Waals surface area (Å²) in [6.07, 6.45) is 10.1. The summed E-state index contributed by atoms with van der Waals surface area (Å²) < 4.78 is 0. The van der Waals surface area contributed by atoms with Gasteiger partial charge in [0.2, 0.25) is 0 Å².